The third-order valence-electron chi connectivity index (χ3n) is 9.25. The maximum Gasteiger partial charge on any atom is 0.242 e. The van der Waals surface area contributed by atoms with Crippen LogP contribution in [0.1, 0.15) is 47.1 Å². The fraction of sp³-hybridized carbons (Fsp3) is 0.262. The van der Waals surface area contributed by atoms with Crippen molar-refractivity contribution < 1.29 is 32.5 Å². The van der Waals surface area contributed by atoms with Crippen molar-refractivity contribution >= 4 is 33.4 Å². The van der Waals surface area contributed by atoms with Gasteiger partial charge in [-0.3, -0.25) is 4.79 Å². The quantitative estimate of drug-likeness (QED) is 0.0992. The van der Waals surface area contributed by atoms with Crippen LogP contribution in [0.25, 0.3) is 0 Å². The summed E-state index contributed by atoms with van der Waals surface area (Å²) in [4.78, 5) is 15.0. The lowest BCUT2D eigenvalue weighted by atomic mass is 9.91. The molecule has 1 aliphatic heterocycles. The lowest BCUT2D eigenvalue weighted by Crippen LogP contribution is -2.45. The third-order valence-corrected chi connectivity index (χ3v) is 11.9. The standard InChI is InChI=1S/C42H44N2O7S2/c1-28-16-22-35(23-17-28)53(47,48)44-36(24-30-10-5-4-6-11-30)41(46)43-34-13-9-12-33(25-34)42-50-38(27-52-39-15-8-7-14-37(39)49-3)29(2)40(51-42)32-20-18-31(26-45)19-21-32/h4-23,25,29,36,38,40,42,44-45H,24,26-27H2,1-3H3,(H,43,46). The van der Waals surface area contributed by atoms with E-state index in [0.29, 0.717) is 17.0 Å². The molecule has 53 heavy (non-hydrogen) atoms. The number of aryl methyl sites for hydroxylation is 1. The highest BCUT2D eigenvalue weighted by Gasteiger charge is 2.38. The summed E-state index contributed by atoms with van der Waals surface area (Å²) < 4.78 is 48.4. The van der Waals surface area contributed by atoms with Crippen molar-refractivity contribution in [3.8, 4) is 5.75 Å². The Bertz CT molecular complexity index is 2080. The number of amides is 1. The van der Waals surface area contributed by atoms with Crippen molar-refractivity contribution in [2.75, 3.05) is 18.2 Å². The van der Waals surface area contributed by atoms with E-state index in [1.807, 2.05) is 97.9 Å². The summed E-state index contributed by atoms with van der Waals surface area (Å²) in [6.07, 6.45) is -1.17. The van der Waals surface area contributed by atoms with E-state index in [1.165, 1.54) is 12.1 Å². The van der Waals surface area contributed by atoms with Crippen LogP contribution in [0.15, 0.2) is 137 Å². The molecule has 1 heterocycles. The SMILES string of the molecule is COc1ccccc1SCC1OC(c2cccc(NC(=O)C(Cc3ccccc3)NS(=O)(=O)c3ccc(C)cc3)c2)OC(c2ccc(CO)cc2)C1C. The van der Waals surface area contributed by atoms with E-state index in [1.54, 1.807) is 43.1 Å². The topological polar surface area (TPSA) is 123 Å². The summed E-state index contributed by atoms with van der Waals surface area (Å²) in [6.45, 7) is 3.93. The lowest BCUT2D eigenvalue weighted by molar-refractivity contribution is -0.268. The number of benzene rings is 5. The Labute approximate surface area is 315 Å². The number of aliphatic hydroxyl groups excluding tert-OH is 1. The van der Waals surface area contributed by atoms with E-state index in [4.69, 9.17) is 14.2 Å². The first-order valence-electron chi connectivity index (χ1n) is 17.4. The molecule has 1 saturated heterocycles. The summed E-state index contributed by atoms with van der Waals surface area (Å²) in [6, 6.07) is 37.5. The number of rotatable bonds is 14. The second-order valence-corrected chi connectivity index (χ2v) is 15.9. The van der Waals surface area contributed by atoms with Gasteiger partial charge in [-0.05, 0) is 66.4 Å². The summed E-state index contributed by atoms with van der Waals surface area (Å²) in [5, 5.41) is 12.6. The first-order valence-corrected chi connectivity index (χ1v) is 19.9. The Hall–Kier alpha value is -4.49. The molecule has 1 aliphatic rings. The normalized spacial score (nSPS) is 19.3. The average Bonchev–Trinajstić information content (AvgIpc) is 3.18. The van der Waals surface area contributed by atoms with Gasteiger partial charge in [-0.25, -0.2) is 8.42 Å². The van der Waals surface area contributed by atoms with E-state index >= 15 is 0 Å². The molecule has 0 spiro atoms. The molecule has 5 atom stereocenters. The zero-order chi connectivity index (χ0) is 37.4. The molecule has 6 rings (SSSR count). The van der Waals surface area contributed by atoms with E-state index in [0.717, 1.165) is 32.9 Å². The molecule has 11 heteroatoms. The first kappa shape index (κ1) is 38.2. The number of sulfonamides is 1. The van der Waals surface area contributed by atoms with Gasteiger partial charge in [0.15, 0.2) is 6.29 Å². The van der Waals surface area contributed by atoms with Gasteiger partial charge >= 0.3 is 0 Å². The average molecular weight is 753 g/mol. The molecule has 5 unspecified atom stereocenters. The number of aliphatic hydroxyl groups is 1. The highest BCUT2D eigenvalue weighted by atomic mass is 32.2. The molecule has 5 aromatic carbocycles. The zero-order valence-corrected chi connectivity index (χ0v) is 31.5. The maximum atomic E-state index is 13.9. The molecule has 1 amide bonds. The third kappa shape index (κ3) is 9.74. The lowest BCUT2D eigenvalue weighted by Gasteiger charge is -2.41. The molecular weight excluding hydrogens is 709 g/mol. The van der Waals surface area contributed by atoms with Gasteiger partial charge in [-0.15, -0.1) is 11.8 Å². The maximum absolute atomic E-state index is 13.9. The van der Waals surface area contributed by atoms with Gasteiger partial charge in [0.2, 0.25) is 15.9 Å². The number of anilines is 1. The molecule has 3 N–H and O–H groups in total. The van der Waals surface area contributed by atoms with Gasteiger partial charge in [0.1, 0.15) is 11.8 Å². The molecular formula is C42H44N2O7S2. The Morgan fingerprint density at radius 1 is 0.849 bits per heavy atom. The number of para-hydroxylation sites is 1. The number of hydrogen-bond acceptors (Lipinski definition) is 8. The van der Waals surface area contributed by atoms with Crippen LogP contribution in [0.3, 0.4) is 0 Å². The highest BCUT2D eigenvalue weighted by molar-refractivity contribution is 7.99. The van der Waals surface area contributed by atoms with Crippen LogP contribution in [-0.4, -0.2) is 44.4 Å². The minimum Gasteiger partial charge on any atom is -0.496 e. The Morgan fingerprint density at radius 2 is 1.57 bits per heavy atom. The fourth-order valence-electron chi connectivity index (χ4n) is 6.22. The van der Waals surface area contributed by atoms with Crippen LogP contribution in [0, 0.1) is 12.8 Å². The number of thioether (sulfide) groups is 1. The molecule has 9 nitrogen and oxygen atoms in total. The Morgan fingerprint density at radius 3 is 2.28 bits per heavy atom. The summed E-state index contributed by atoms with van der Waals surface area (Å²) in [5.74, 6) is 0.885. The number of carbonyl (C=O) groups is 1. The van der Waals surface area contributed by atoms with E-state index in [2.05, 4.69) is 17.0 Å². The minimum atomic E-state index is -4.01. The second kappa shape index (κ2) is 17.6. The van der Waals surface area contributed by atoms with E-state index in [-0.39, 0.29) is 36.0 Å². The van der Waals surface area contributed by atoms with Crippen LogP contribution in [0.2, 0.25) is 0 Å². The van der Waals surface area contributed by atoms with Crippen LogP contribution >= 0.6 is 11.8 Å². The van der Waals surface area contributed by atoms with Crippen molar-refractivity contribution in [2.24, 2.45) is 5.92 Å². The number of carbonyl (C=O) groups excluding carboxylic acids is 1. The molecule has 0 aliphatic carbocycles. The van der Waals surface area contributed by atoms with Gasteiger partial charge in [-0.2, -0.15) is 4.72 Å². The van der Waals surface area contributed by atoms with Crippen LogP contribution in [-0.2, 0) is 37.3 Å². The highest BCUT2D eigenvalue weighted by Crippen LogP contribution is 2.44. The summed E-state index contributed by atoms with van der Waals surface area (Å²) >= 11 is 1.65. The van der Waals surface area contributed by atoms with E-state index < -0.39 is 28.3 Å². The number of ether oxygens (including phenoxy) is 3. The zero-order valence-electron chi connectivity index (χ0n) is 29.8. The fourth-order valence-corrected chi connectivity index (χ4v) is 8.61. The predicted octanol–water partition coefficient (Wildman–Crippen LogP) is 7.61. The van der Waals surface area contributed by atoms with E-state index in [9.17, 15) is 18.3 Å². The number of methoxy groups -OCH3 is 1. The Kier molecular flexibility index (Phi) is 12.7. The molecule has 0 saturated carbocycles. The van der Waals surface area contributed by atoms with Gasteiger partial charge in [0, 0.05) is 27.8 Å². The molecule has 5 aromatic rings. The van der Waals surface area contributed by atoms with Gasteiger partial charge in [-0.1, -0.05) is 103 Å². The van der Waals surface area contributed by atoms with Crippen molar-refractivity contribution in [2.45, 2.75) is 61.2 Å². The number of nitrogens with one attached hydrogen (secondary N) is 2. The number of hydrogen-bond donors (Lipinski definition) is 3. The van der Waals surface area contributed by atoms with Gasteiger partial charge in [0.05, 0.1) is 30.8 Å². The minimum absolute atomic E-state index is 0.0309. The smallest absolute Gasteiger partial charge is 0.242 e. The summed E-state index contributed by atoms with van der Waals surface area (Å²) in [7, 11) is -2.36. The van der Waals surface area contributed by atoms with Crippen molar-refractivity contribution in [1.82, 2.24) is 4.72 Å². The van der Waals surface area contributed by atoms with Crippen LogP contribution < -0.4 is 14.8 Å². The van der Waals surface area contributed by atoms with Crippen molar-refractivity contribution in [1.29, 1.82) is 0 Å². The molecule has 0 aromatic heterocycles. The van der Waals surface area contributed by atoms with Crippen LogP contribution in [0.4, 0.5) is 5.69 Å². The largest absolute Gasteiger partial charge is 0.496 e. The molecule has 276 valence electrons. The van der Waals surface area contributed by atoms with Crippen LogP contribution in [0.5, 0.6) is 5.75 Å². The van der Waals surface area contributed by atoms with Gasteiger partial charge in [0.25, 0.3) is 0 Å². The second-order valence-electron chi connectivity index (χ2n) is 13.1. The predicted molar refractivity (Wildman–Crippen MR) is 207 cm³/mol. The Balaban J connectivity index is 1.24. The molecule has 0 radical (unpaired) electrons. The van der Waals surface area contributed by atoms with Crippen molar-refractivity contribution in [3.63, 3.8) is 0 Å². The summed E-state index contributed by atoms with van der Waals surface area (Å²) in [5.41, 5.74) is 4.66. The van der Waals surface area contributed by atoms with Gasteiger partial charge < -0.3 is 24.6 Å². The molecule has 1 fully saturated rings. The first-order chi connectivity index (χ1) is 25.6. The monoisotopic (exact) mass is 752 g/mol. The van der Waals surface area contributed by atoms with Crippen molar-refractivity contribution in [3.05, 3.63) is 155 Å². The molecule has 0 bridgehead atoms.